The maximum atomic E-state index is 12.1. The second-order valence-electron chi connectivity index (χ2n) is 6.55. The summed E-state index contributed by atoms with van der Waals surface area (Å²) in [6, 6.07) is 5.33. The van der Waals surface area contributed by atoms with Gasteiger partial charge in [0.15, 0.2) is 0 Å². The Bertz CT molecular complexity index is 669. The van der Waals surface area contributed by atoms with E-state index in [-0.39, 0.29) is 17.1 Å². The van der Waals surface area contributed by atoms with Crippen LogP contribution in [0, 0.1) is 0 Å². The third-order valence-electron chi connectivity index (χ3n) is 3.54. The molecule has 2 aromatic rings. The van der Waals surface area contributed by atoms with Crippen molar-refractivity contribution in [3.05, 3.63) is 41.7 Å². The van der Waals surface area contributed by atoms with Gasteiger partial charge >= 0.3 is 0 Å². The van der Waals surface area contributed by atoms with Crippen LogP contribution in [-0.4, -0.2) is 20.8 Å². The number of amides is 1. The van der Waals surface area contributed by atoms with E-state index in [0.717, 1.165) is 11.1 Å². The first-order chi connectivity index (χ1) is 10.3. The molecule has 1 aromatic heterocycles. The van der Waals surface area contributed by atoms with Gasteiger partial charge in [-0.25, -0.2) is 0 Å². The Kier molecular flexibility index (Phi) is 4.54. The highest BCUT2D eigenvalue weighted by Gasteiger charge is 2.16. The summed E-state index contributed by atoms with van der Waals surface area (Å²) in [4.78, 5) is 12.1. The Morgan fingerprint density at radius 3 is 2.68 bits per heavy atom. The van der Waals surface area contributed by atoms with E-state index >= 15 is 0 Å². The summed E-state index contributed by atoms with van der Waals surface area (Å²) in [7, 11) is 1.85. The lowest BCUT2D eigenvalue weighted by atomic mass is 9.87. The summed E-state index contributed by atoms with van der Waals surface area (Å²) in [6.07, 6.45) is 4.63. The van der Waals surface area contributed by atoms with Gasteiger partial charge in [-0.3, -0.25) is 9.48 Å². The number of aromatic hydroxyl groups is 1. The van der Waals surface area contributed by atoms with E-state index in [4.69, 9.17) is 0 Å². The third kappa shape index (κ3) is 4.10. The van der Waals surface area contributed by atoms with Crippen molar-refractivity contribution in [2.75, 3.05) is 5.32 Å². The van der Waals surface area contributed by atoms with E-state index in [9.17, 15) is 9.90 Å². The molecule has 5 nitrogen and oxygen atoms in total. The predicted molar refractivity (Wildman–Crippen MR) is 87.0 cm³/mol. The minimum absolute atomic E-state index is 0.0388. The van der Waals surface area contributed by atoms with Crippen molar-refractivity contribution in [3.63, 3.8) is 0 Å². The molecule has 0 spiro atoms. The average Bonchev–Trinajstić information content (AvgIpc) is 2.83. The molecule has 1 heterocycles. The zero-order valence-electron chi connectivity index (χ0n) is 13.6. The molecule has 22 heavy (non-hydrogen) atoms. The number of rotatable bonds is 4. The molecule has 0 atom stereocenters. The number of anilines is 1. The molecule has 0 fully saturated rings. The fourth-order valence-corrected chi connectivity index (χ4v) is 2.17. The van der Waals surface area contributed by atoms with Gasteiger partial charge in [0.1, 0.15) is 5.75 Å². The maximum Gasteiger partial charge on any atom is 0.224 e. The van der Waals surface area contributed by atoms with Gasteiger partial charge in [0.25, 0.3) is 0 Å². The smallest absolute Gasteiger partial charge is 0.224 e. The van der Waals surface area contributed by atoms with Gasteiger partial charge in [-0.1, -0.05) is 26.8 Å². The predicted octanol–water partition coefficient (Wildman–Crippen LogP) is 2.99. The number of hydrogen-bond acceptors (Lipinski definition) is 3. The third-order valence-corrected chi connectivity index (χ3v) is 3.54. The number of phenolic OH excluding ortho intramolecular Hbond substituents is 1. The van der Waals surface area contributed by atoms with Crippen LogP contribution in [0.15, 0.2) is 30.6 Å². The molecular weight excluding hydrogens is 278 g/mol. The van der Waals surface area contributed by atoms with Gasteiger partial charge in [-0.2, -0.15) is 5.10 Å². The van der Waals surface area contributed by atoms with E-state index < -0.39 is 0 Å². The highest BCUT2D eigenvalue weighted by molar-refractivity contribution is 5.92. The Morgan fingerprint density at radius 1 is 1.36 bits per heavy atom. The molecular formula is C17H23N3O2. The molecule has 5 heteroatoms. The first-order valence-corrected chi connectivity index (χ1v) is 7.36. The standard InChI is InChI=1S/C17H23N3O2/c1-17(2,3)13-6-7-15(21)14(9-13)19-16(22)8-5-12-10-18-20(4)11-12/h6-7,9-11,21H,5,8H2,1-4H3,(H,19,22). The molecule has 2 N–H and O–H groups in total. The lowest BCUT2D eigenvalue weighted by Crippen LogP contribution is -2.15. The summed E-state index contributed by atoms with van der Waals surface area (Å²) in [5.74, 6) is -0.0343. The number of nitrogens with zero attached hydrogens (tertiary/aromatic N) is 2. The van der Waals surface area contributed by atoms with Gasteiger partial charge in [0.05, 0.1) is 11.9 Å². The summed E-state index contributed by atoms with van der Waals surface area (Å²) < 4.78 is 1.71. The summed E-state index contributed by atoms with van der Waals surface area (Å²) in [6.45, 7) is 6.27. The van der Waals surface area contributed by atoms with Crippen molar-refractivity contribution in [1.29, 1.82) is 0 Å². The Hall–Kier alpha value is -2.30. The number of carbonyl (C=O) groups is 1. The van der Waals surface area contributed by atoms with Crippen LogP contribution in [0.4, 0.5) is 5.69 Å². The van der Waals surface area contributed by atoms with Gasteiger partial charge in [-0.15, -0.1) is 0 Å². The van der Waals surface area contributed by atoms with Crippen LogP contribution in [-0.2, 0) is 23.7 Å². The van der Waals surface area contributed by atoms with E-state index in [1.165, 1.54) is 0 Å². The minimum Gasteiger partial charge on any atom is -0.506 e. The van der Waals surface area contributed by atoms with Crippen LogP contribution in [0.1, 0.15) is 38.3 Å². The molecule has 118 valence electrons. The molecule has 0 unspecified atom stereocenters. The molecule has 0 saturated heterocycles. The molecule has 0 bridgehead atoms. The SMILES string of the molecule is Cn1cc(CCC(=O)Nc2cc(C(C)(C)C)ccc2O)cn1. The number of phenols is 1. The van der Waals surface area contributed by atoms with Crippen molar-refractivity contribution >= 4 is 11.6 Å². The first-order valence-electron chi connectivity index (χ1n) is 7.36. The Morgan fingerprint density at radius 2 is 2.09 bits per heavy atom. The molecule has 0 aliphatic rings. The van der Waals surface area contributed by atoms with Crippen molar-refractivity contribution in [2.24, 2.45) is 7.05 Å². The summed E-state index contributed by atoms with van der Waals surface area (Å²) in [5.41, 5.74) is 2.50. The maximum absolute atomic E-state index is 12.1. The van der Waals surface area contributed by atoms with E-state index in [1.54, 1.807) is 16.9 Å². The van der Waals surface area contributed by atoms with Gasteiger partial charge in [0, 0.05) is 19.7 Å². The molecule has 0 saturated carbocycles. The van der Waals surface area contributed by atoms with Crippen molar-refractivity contribution in [1.82, 2.24) is 9.78 Å². The molecule has 1 aromatic carbocycles. The normalized spacial score (nSPS) is 11.5. The lowest BCUT2D eigenvalue weighted by molar-refractivity contribution is -0.116. The van der Waals surface area contributed by atoms with Crippen LogP contribution in [0.2, 0.25) is 0 Å². The highest BCUT2D eigenvalue weighted by Crippen LogP contribution is 2.30. The van der Waals surface area contributed by atoms with E-state index in [1.807, 2.05) is 25.4 Å². The van der Waals surface area contributed by atoms with Crippen molar-refractivity contribution in [2.45, 2.75) is 39.0 Å². The number of nitrogens with one attached hydrogen (secondary N) is 1. The van der Waals surface area contributed by atoms with Gasteiger partial charge in [0.2, 0.25) is 5.91 Å². The highest BCUT2D eigenvalue weighted by atomic mass is 16.3. The number of aryl methyl sites for hydroxylation is 2. The van der Waals surface area contributed by atoms with Gasteiger partial charge < -0.3 is 10.4 Å². The summed E-state index contributed by atoms with van der Waals surface area (Å²) in [5, 5.41) is 16.8. The molecule has 0 radical (unpaired) electrons. The Balaban J connectivity index is 2.01. The van der Waals surface area contributed by atoms with Crippen LogP contribution in [0.3, 0.4) is 0 Å². The van der Waals surface area contributed by atoms with Crippen molar-refractivity contribution in [3.8, 4) is 5.75 Å². The zero-order valence-corrected chi connectivity index (χ0v) is 13.6. The number of hydrogen-bond donors (Lipinski definition) is 2. The molecule has 2 rings (SSSR count). The second kappa shape index (κ2) is 6.22. The monoisotopic (exact) mass is 301 g/mol. The van der Waals surface area contributed by atoms with Crippen LogP contribution < -0.4 is 5.32 Å². The van der Waals surface area contributed by atoms with E-state index in [2.05, 4.69) is 31.2 Å². The fraction of sp³-hybridized carbons (Fsp3) is 0.412. The molecule has 0 aliphatic heterocycles. The van der Waals surface area contributed by atoms with Gasteiger partial charge in [-0.05, 0) is 35.1 Å². The van der Waals surface area contributed by atoms with E-state index in [0.29, 0.717) is 18.5 Å². The fourth-order valence-electron chi connectivity index (χ4n) is 2.17. The molecule has 0 aliphatic carbocycles. The average molecular weight is 301 g/mol. The molecule has 1 amide bonds. The topological polar surface area (TPSA) is 67.2 Å². The summed E-state index contributed by atoms with van der Waals surface area (Å²) >= 11 is 0. The number of benzene rings is 1. The quantitative estimate of drug-likeness (QED) is 0.853. The van der Waals surface area contributed by atoms with Crippen molar-refractivity contribution < 1.29 is 9.90 Å². The first kappa shape index (κ1) is 16.1. The number of aromatic nitrogens is 2. The largest absolute Gasteiger partial charge is 0.506 e. The minimum atomic E-state index is -0.120. The second-order valence-corrected chi connectivity index (χ2v) is 6.55. The number of carbonyl (C=O) groups excluding carboxylic acids is 1. The van der Waals surface area contributed by atoms with Crippen LogP contribution in [0.25, 0.3) is 0 Å². The lowest BCUT2D eigenvalue weighted by Gasteiger charge is -2.20. The van der Waals surface area contributed by atoms with Crippen LogP contribution >= 0.6 is 0 Å². The van der Waals surface area contributed by atoms with Crippen LogP contribution in [0.5, 0.6) is 5.75 Å². The Labute approximate surface area is 131 Å². The zero-order chi connectivity index (χ0) is 16.3.